The first-order valence-corrected chi connectivity index (χ1v) is 8.85. The van der Waals surface area contributed by atoms with E-state index in [0.717, 1.165) is 28.6 Å². The highest BCUT2D eigenvalue weighted by atomic mass is 35.5. The summed E-state index contributed by atoms with van der Waals surface area (Å²) in [6.07, 6.45) is -0.546. The molecule has 0 aliphatic carbocycles. The fourth-order valence-electron chi connectivity index (χ4n) is 3.02. The van der Waals surface area contributed by atoms with Crippen LogP contribution in [0.5, 0.6) is 0 Å². The molecule has 1 amide bonds. The Bertz CT molecular complexity index is 1050. The highest BCUT2D eigenvalue weighted by molar-refractivity contribution is 6.33. The predicted molar refractivity (Wildman–Crippen MR) is 102 cm³/mol. The number of morpholine rings is 1. The van der Waals surface area contributed by atoms with Gasteiger partial charge in [0.05, 0.1) is 23.8 Å². The van der Waals surface area contributed by atoms with Crippen molar-refractivity contribution in [2.24, 2.45) is 0 Å². The van der Waals surface area contributed by atoms with E-state index in [1.807, 2.05) is 18.2 Å². The first-order valence-electron chi connectivity index (χ1n) is 8.47. The maximum atomic E-state index is 12.4. The van der Waals surface area contributed by atoms with Crippen molar-refractivity contribution in [1.29, 1.82) is 5.26 Å². The van der Waals surface area contributed by atoms with Crippen LogP contribution in [0.3, 0.4) is 0 Å². The van der Waals surface area contributed by atoms with Gasteiger partial charge in [-0.05, 0) is 35.9 Å². The van der Waals surface area contributed by atoms with Crippen LogP contribution in [-0.2, 0) is 9.53 Å². The highest BCUT2D eigenvalue weighted by Gasteiger charge is 2.23. The molecule has 0 radical (unpaired) electrons. The molecule has 0 unspecified atom stereocenters. The number of amides is 1. The van der Waals surface area contributed by atoms with Crippen LogP contribution < -0.4 is 10.6 Å². The van der Waals surface area contributed by atoms with Crippen LogP contribution in [0.15, 0.2) is 36.4 Å². The molecule has 2 heterocycles. The van der Waals surface area contributed by atoms with E-state index in [4.69, 9.17) is 21.6 Å². The number of hydrogen-bond donors (Lipinski definition) is 3. The molecule has 0 bridgehead atoms. The second-order valence-corrected chi connectivity index (χ2v) is 6.60. The summed E-state index contributed by atoms with van der Waals surface area (Å²) in [5.74, 6) is 0.184. The average Bonchev–Trinajstić information content (AvgIpc) is 3.11. The monoisotopic (exact) mass is 381 g/mol. The molecule has 0 saturated carbocycles. The number of aromatic nitrogens is 2. The number of hydrogen-bond acceptors (Lipinski definition) is 5. The minimum Gasteiger partial charge on any atom is -0.366 e. The van der Waals surface area contributed by atoms with Gasteiger partial charge in [-0.15, -0.1) is 0 Å². The molecule has 4 rings (SSSR count). The lowest BCUT2D eigenvalue weighted by Crippen LogP contribution is -2.45. The van der Waals surface area contributed by atoms with Gasteiger partial charge in [0, 0.05) is 29.1 Å². The maximum absolute atomic E-state index is 12.4. The number of nitrogens with zero attached hydrogens (tertiary/aromatic N) is 2. The first kappa shape index (κ1) is 17.5. The van der Waals surface area contributed by atoms with E-state index >= 15 is 0 Å². The molecule has 3 N–H and O–H groups in total. The normalized spacial score (nSPS) is 16.8. The number of anilines is 1. The number of nitriles is 1. The Balaban J connectivity index is 1.67. The molecule has 1 fully saturated rings. The Morgan fingerprint density at radius 3 is 3.00 bits per heavy atom. The number of H-pyrrole nitrogens is 1. The van der Waals surface area contributed by atoms with Crippen LogP contribution >= 0.6 is 11.6 Å². The van der Waals surface area contributed by atoms with Gasteiger partial charge < -0.3 is 15.4 Å². The van der Waals surface area contributed by atoms with E-state index in [9.17, 15) is 4.79 Å². The second-order valence-electron chi connectivity index (χ2n) is 6.19. The van der Waals surface area contributed by atoms with Crippen LogP contribution in [-0.4, -0.2) is 41.9 Å². The van der Waals surface area contributed by atoms with Gasteiger partial charge in [-0.2, -0.15) is 10.4 Å². The zero-order chi connectivity index (χ0) is 18.8. The van der Waals surface area contributed by atoms with E-state index in [0.29, 0.717) is 29.6 Å². The number of carbonyl (C=O) groups excluding carboxylic acids is 1. The lowest BCUT2D eigenvalue weighted by Gasteiger charge is -2.22. The van der Waals surface area contributed by atoms with E-state index in [1.54, 1.807) is 18.2 Å². The average molecular weight is 382 g/mol. The first-order chi connectivity index (χ1) is 13.2. The van der Waals surface area contributed by atoms with Crippen molar-refractivity contribution in [1.82, 2.24) is 15.5 Å². The number of ether oxygens (including phenoxy) is 1. The summed E-state index contributed by atoms with van der Waals surface area (Å²) >= 11 is 6.31. The van der Waals surface area contributed by atoms with Crippen molar-refractivity contribution in [2.45, 2.75) is 6.10 Å². The summed E-state index contributed by atoms with van der Waals surface area (Å²) in [5, 5.41) is 23.5. The summed E-state index contributed by atoms with van der Waals surface area (Å²) in [7, 11) is 0. The van der Waals surface area contributed by atoms with Gasteiger partial charge in [-0.1, -0.05) is 17.7 Å². The SMILES string of the molecule is N#Cc1ccc(Cl)c(-c2ccc3[nH]nc(NC(=O)[C@H]4CNCCO4)c3c2)c1. The number of nitrogens with one attached hydrogen (secondary N) is 3. The molecule has 27 heavy (non-hydrogen) atoms. The molecule has 1 saturated heterocycles. The van der Waals surface area contributed by atoms with E-state index in [2.05, 4.69) is 26.9 Å². The highest BCUT2D eigenvalue weighted by Crippen LogP contribution is 2.32. The maximum Gasteiger partial charge on any atom is 0.256 e. The van der Waals surface area contributed by atoms with E-state index in [-0.39, 0.29) is 5.91 Å². The van der Waals surface area contributed by atoms with Gasteiger partial charge in [0.1, 0.15) is 6.10 Å². The minimum absolute atomic E-state index is 0.245. The van der Waals surface area contributed by atoms with Gasteiger partial charge in [-0.25, -0.2) is 0 Å². The second kappa shape index (κ2) is 7.37. The van der Waals surface area contributed by atoms with Crippen molar-refractivity contribution in [3.63, 3.8) is 0 Å². The molecule has 136 valence electrons. The standard InChI is InChI=1S/C19H16ClN5O2/c20-15-3-1-11(9-21)7-13(15)12-2-4-16-14(8-12)18(25-24-16)23-19(26)17-10-22-5-6-27-17/h1-4,7-8,17,22H,5-6,10H2,(H2,23,24,25,26)/t17-/m1/s1. The fraction of sp³-hybridized carbons (Fsp3) is 0.211. The van der Waals surface area contributed by atoms with Crippen molar-refractivity contribution in [2.75, 3.05) is 25.0 Å². The smallest absolute Gasteiger partial charge is 0.256 e. The van der Waals surface area contributed by atoms with Gasteiger partial charge in [0.2, 0.25) is 0 Å². The number of fused-ring (bicyclic) bond motifs is 1. The fourth-order valence-corrected chi connectivity index (χ4v) is 3.25. The summed E-state index contributed by atoms with van der Waals surface area (Å²) < 4.78 is 5.47. The molecule has 1 aliphatic rings. The quantitative estimate of drug-likeness (QED) is 0.647. The molecule has 1 atom stereocenters. The zero-order valence-corrected chi connectivity index (χ0v) is 15.0. The van der Waals surface area contributed by atoms with Gasteiger partial charge >= 0.3 is 0 Å². The molecular weight excluding hydrogens is 366 g/mol. The summed E-state index contributed by atoms with van der Waals surface area (Å²) in [6.45, 7) is 1.70. The van der Waals surface area contributed by atoms with Crippen LogP contribution in [0.2, 0.25) is 5.02 Å². The number of carbonyl (C=O) groups is 1. The summed E-state index contributed by atoms with van der Waals surface area (Å²) in [4.78, 5) is 12.4. The number of benzene rings is 2. The van der Waals surface area contributed by atoms with Crippen molar-refractivity contribution in [3.8, 4) is 17.2 Å². The van der Waals surface area contributed by atoms with E-state index in [1.165, 1.54) is 0 Å². The Morgan fingerprint density at radius 2 is 2.22 bits per heavy atom. The molecule has 0 spiro atoms. The molecule has 7 nitrogen and oxygen atoms in total. The van der Waals surface area contributed by atoms with Crippen LogP contribution in [0.4, 0.5) is 5.82 Å². The van der Waals surface area contributed by atoms with Crippen molar-refractivity contribution < 1.29 is 9.53 Å². The molecule has 8 heteroatoms. The summed E-state index contributed by atoms with van der Waals surface area (Å²) in [6, 6.07) is 12.9. The number of rotatable bonds is 3. The van der Waals surface area contributed by atoms with Crippen molar-refractivity contribution >= 4 is 34.2 Å². The van der Waals surface area contributed by atoms with Crippen LogP contribution in [0, 0.1) is 11.3 Å². The third-order valence-electron chi connectivity index (χ3n) is 4.43. The van der Waals surface area contributed by atoms with Gasteiger partial charge in [0.15, 0.2) is 5.82 Å². The Hall–Kier alpha value is -2.92. The topological polar surface area (TPSA) is 103 Å². The number of halogens is 1. The predicted octanol–water partition coefficient (Wildman–Crippen LogP) is 2.68. The molecule has 3 aromatic rings. The minimum atomic E-state index is -0.546. The summed E-state index contributed by atoms with van der Waals surface area (Å²) in [5.41, 5.74) is 2.88. The van der Waals surface area contributed by atoms with Crippen LogP contribution in [0.25, 0.3) is 22.0 Å². The Morgan fingerprint density at radius 1 is 1.33 bits per heavy atom. The number of aromatic amines is 1. The van der Waals surface area contributed by atoms with Gasteiger partial charge in [-0.3, -0.25) is 9.89 Å². The van der Waals surface area contributed by atoms with E-state index < -0.39 is 6.10 Å². The van der Waals surface area contributed by atoms with Gasteiger partial charge in [0.25, 0.3) is 5.91 Å². The zero-order valence-electron chi connectivity index (χ0n) is 14.3. The largest absolute Gasteiger partial charge is 0.366 e. The Kier molecular flexibility index (Phi) is 4.77. The molecule has 1 aliphatic heterocycles. The molecule has 2 aromatic carbocycles. The molecule has 1 aromatic heterocycles. The third-order valence-corrected chi connectivity index (χ3v) is 4.76. The Labute approximate surface area is 160 Å². The van der Waals surface area contributed by atoms with Crippen LogP contribution in [0.1, 0.15) is 5.56 Å². The lowest BCUT2D eigenvalue weighted by molar-refractivity contribution is -0.128. The lowest BCUT2D eigenvalue weighted by atomic mass is 10.0. The molecular formula is C19H16ClN5O2. The van der Waals surface area contributed by atoms with Crippen molar-refractivity contribution in [3.05, 3.63) is 47.0 Å². The third kappa shape index (κ3) is 3.51.